The van der Waals surface area contributed by atoms with Crippen LogP contribution in [0.5, 0.6) is 11.5 Å². The molecule has 2 N–H and O–H groups in total. The third kappa shape index (κ3) is 6.06. The number of hydrogen-bond acceptors (Lipinski definition) is 6. The molecular formula is C38H37ClN2O4S. The first kappa shape index (κ1) is 30.6. The van der Waals surface area contributed by atoms with Gasteiger partial charge in [-0.05, 0) is 109 Å². The monoisotopic (exact) mass is 652 g/mol. The minimum Gasteiger partial charge on any atom is -0.493 e. The summed E-state index contributed by atoms with van der Waals surface area (Å²) in [6.45, 7) is 1.04. The van der Waals surface area contributed by atoms with Crippen LogP contribution in [0.15, 0.2) is 103 Å². The number of fused-ring (bicyclic) bond motifs is 3. The summed E-state index contributed by atoms with van der Waals surface area (Å²) in [6, 6.07) is 30.0. The first-order valence-electron chi connectivity index (χ1n) is 15.9. The highest BCUT2D eigenvalue weighted by atomic mass is 35.5. The van der Waals surface area contributed by atoms with E-state index in [4.69, 9.17) is 21.1 Å². The molecule has 1 fully saturated rings. The predicted octanol–water partition coefficient (Wildman–Crippen LogP) is 9.03. The molecule has 6 nitrogen and oxygen atoms in total. The van der Waals surface area contributed by atoms with Crippen LogP contribution in [-0.2, 0) is 16.6 Å². The molecule has 7 rings (SSSR count). The Morgan fingerprint density at radius 1 is 0.957 bits per heavy atom. The first-order valence-corrected chi connectivity index (χ1v) is 17.2. The molecule has 0 saturated heterocycles. The van der Waals surface area contributed by atoms with Crippen molar-refractivity contribution in [2.75, 3.05) is 18.5 Å². The van der Waals surface area contributed by atoms with Gasteiger partial charge in [-0.15, -0.1) is 11.3 Å². The van der Waals surface area contributed by atoms with Crippen LogP contribution in [0.2, 0.25) is 5.02 Å². The molecular weight excluding hydrogens is 616 g/mol. The molecule has 1 saturated carbocycles. The maximum absolute atomic E-state index is 12.9. The molecule has 8 heteroatoms. The molecule has 0 aliphatic heterocycles. The summed E-state index contributed by atoms with van der Waals surface area (Å²) in [4.78, 5) is 17.3. The lowest BCUT2D eigenvalue weighted by Crippen LogP contribution is -2.53. The number of aromatic nitrogens is 1. The zero-order valence-corrected chi connectivity index (χ0v) is 27.1. The third-order valence-corrected chi connectivity index (χ3v) is 11.2. The van der Waals surface area contributed by atoms with Crippen molar-refractivity contribution < 1.29 is 19.4 Å². The van der Waals surface area contributed by atoms with E-state index >= 15 is 0 Å². The number of rotatable bonds is 11. The van der Waals surface area contributed by atoms with Crippen LogP contribution in [0.1, 0.15) is 43.2 Å². The molecule has 2 unspecified atom stereocenters. The van der Waals surface area contributed by atoms with E-state index in [1.807, 2.05) is 60.0 Å². The molecule has 2 heterocycles. The maximum Gasteiger partial charge on any atom is 0.329 e. The average molecular weight is 653 g/mol. The van der Waals surface area contributed by atoms with Gasteiger partial charge in [0.1, 0.15) is 17.0 Å². The van der Waals surface area contributed by atoms with Crippen LogP contribution in [0.4, 0.5) is 5.69 Å². The zero-order valence-electron chi connectivity index (χ0n) is 25.5. The van der Waals surface area contributed by atoms with Gasteiger partial charge in [0.2, 0.25) is 0 Å². The van der Waals surface area contributed by atoms with Gasteiger partial charge in [-0.1, -0.05) is 60.1 Å². The lowest BCUT2D eigenvalue weighted by atomic mass is 9.59. The number of aliphatic carboxylic acids is 1. The summed E-state index contributed by atoms with van der Waals surface area (Å²) in [5.41, 5.74) is 3.26. The molecule has 0 radical (unpaired) electrons. The molecule has 5 aromatic rings. The van der Waals surface area contributed by atoms with Crippen LogP contribution in [0.25, 0.3) is 10.2 Å². The Morgan fingerprint density at radius 3 is 2.54 bits per heavy atom. The Morgan fingerprint density at radius 2 is 1.74 bits per heavy atom. The summed E-state index contributed by atoms with van der Waals surface area (Å²) >= 11 is 7.89. The molecule has 3 aromatic carbocycles. The molecule has 0 bridgehead atoms. The van der Waals surface area contributed by atoms with Crippen molar-refractivity contribution in [1.29, 1.82) is 0 Å². The number of pyridine rings is 1. The van der Waals surface area contributed by atoms with Crippen LogP contribution in [0.3, 0.4) is 0 Å². The second kappa shape index (κ2) is 13.0. The molecule has 2 atom stereocenters. The van der Waals surface area contributed by atoms with Gasteiger partial charge in [0.15, 0.2) is 0 Å². The average Bonchev–Trinajstić information content (AvgIpc) is 3.67. The van der Waals surface area contributed by atoms with Crippen molar-refractivity contribution in [3.8, 4) is 11.5 Å². The van der Waals surface area contributed by atoms with E-state index in [0.29, 0.717) is 37.0 Å². The molecule has 236 valence electrons. The summed E-state index contributed by atoms with van der Waals surface area (Å²) in [6.07, 6.45) is 6.27. The highest BCUT2D eigenvalue weighted by Crippen LogP contribution is 2.56. The zero-order chi connectivity index (χ0) is 31.6. The van der Waals surface area contributed by atoms with Crippen molar-refractivity contribution in [3.05, 3.63) is 119 Å². The number of hydrogen-bond donors (Lipinski definition) is 2. The fourth-order valence-electron chi connectivity index (χ4n) is 7.70. The second-order valence-corrected chi connectivity index (χ2v) is 14.1. The summed E-state index contributed by atoms with van der Waals surface area (Å²) in [5, 5.41) is 16.5. The van der Waals surface area contributed by atoms with Gasteiger partial charge in [-0.25, -0.2) is 4.79 Å². The Hall–Kier alpha value is -4.07. The fourth-order valence-corrected chi connectivity index (χ4v) is 8.71. The number of carbonyl (C=O) groups is 1. The van der Waals surface area contributed by atoms with E-state index in [1.54, 1.807) is 29.7 Å². The van der Waals surface area contributed by atoms with E-state index in [1.165, 1.54) is 11.1 Å². The Balaban J connectivity index is 1.15. The molecule has 46 heavy (non-hydrogen) atoms. The number of para-hydroxylation sites is 1. The van der Waals surface area contributed by atoms with E-state index in [0.717, 1.165) is 53.1 Å². The predicted molar refractivity (Wildman–Crippen MR) is 184 cm³/mol. The maximum atomic E-state index is 12.9. The summed E-state index contributed by atoms with van der Waals surface area (Å²) in [5.74, 6) is 1.33. The van der Waals surface area contributed by atoms with E-state index in [2.05, 4.69) is 34.6 Å². The van der Waals surface area contributed by atoms with Gasteiger partial charge in [-0.3, -0.25) is 4.98 Å². The number of halogens is 1. The number of benzene rings is 3. The van der Waals surface area contributed by atoms with Gasteiger partial charge < -0.3 is 19.9 Å². The smallest absolute Gasteiger partial charge is 0.329 e. The van der Waals surface area contributed by atoms with Gasteiger partial charge in [-0.2, -0.15) is 0 Å². The highest BCUT2D eigenvalue weighted by molar-refractivity contribution is 7.17. The van der Waals surface area contributed by atoms with Crippen molar-refractivity contribution >= 4 is 44.8 Å². The number of thiophene rings is 1. The minimum atomic E-state index is -1.05. The Kier molecular flexibility index (Phi) is 8.62. The van der Waals surface area contributed by atoms with E-state index in [-0.39, 0.29) is 11.3 Å². The van der Waals surface area contributed by atoms with Crippen LogP contribution in [0, 0.1) is 11.8 Å². The lowest BCUT2D eigenvalue weighted by Gasteiger charge is -2.47. The number of anilines is 1. The lowest BCUT2D eigenvalue weighted by molar-refractivity contribution is -0.144. The number of nitrogens with zero attached hydrogens (tertiary/aromatic N) is 1. The molecule has 2 aliphatic rings. The summed E-state index contributed by atoms with van der Waals surface area (Å²) in [7, 11) is 0. The van der Waals surface area contributed by atoms with Crippen molar-refractivity contribution in [2.24, 2.45) is 11.8 Å². The van der Waals surface area contributed by atoms with Crippen molar-refractivity contribution in [3.63, 3.8) is 0 Å². The van der Waals surface area contributed by atoms with Gasteiger partial charge >= 0.3 is 5.97 Å². The Labute approximate surface area is 278 Å². The molecule has 2 aliphatic carbocycles. The fraction of sp³-hybridized carbons (Fsp3) is 0.316. The second-order valence-electron chi connectivity index (χ2n) is 12.7. The van der Waals surface area contributed by atoms with Crippen LogP contribution < -0.4 is 14.8 Å². The number of carboxylic acids is 1. The van der Waals surface area contributed by atoms with Crippen LogP contribution >= 0.6 is 22.9 Å². The van der Waals surface area contributed by atoms with Crippen LogP contribution in [-0.4, -0.2) is 34.8 Å². The molecule has 0 amide bonds. The highest BCUT2D eigenvalue weighted by Gasteiger charge is 2.54. The van der Waals surface area contributed by atoms with Gasteiger partial charge in [0.25, 0.3) is 0 Å². The quantitative estimate of drug-likeness (QED) is 0.148. The number of nitrogens with one attached hydrogen (secondary N) is 1. The van der Waals surface area contributed by atoms with Crippen molar-refractivity contribution in [1.82, 2.24) is 4.98 Å². The largest absolute Gasteiger partial charge is 0.493 e. The topological polar surface area (TPSA) is 80.7 Å². The molecule has 1 spiro atoms. The normalized spacial score (nSPS) is 22.8. The Bertz CT molecular complexity index is 1820. The summed E-state index contributed by atoms with van der Waals surface area (Å²) < 4.78 is 13.9. The van der Waals surface area contributed by atoms with Crippen molar-refractivity contribution in [2.45, 2.75) is 49.5 Å². The van der Waals surface area contributed by atoms with Gasteiger partial charge in [0.05, 0.1) is 23.4 Å². The van der Waals surface area contributed by atoms with E-state index < -0.39 is 11.5 Å². The number of carboxylic acid groups (broad SMARTS) is 1. The van der Waals surface area contributed by atoms with Gasteiger partial charge in [0, 0.05) is 22.8 Å². The first-order chi connectivity index (χ1) is 22.4. The van der Waals surface area contributed by atoms with E-state index in [9.17, 15) is 9.90 Å². The number of ether oxygens (including phenoxy) is 2. The SMILES string of the molecule is O=C(O)C1(Nc2cccc(Cl)c2)CCC2(CC1)c1ccccc1CC2CC(COc1ccccc1)COc1ccnc2ccsc12. The third-order valence-electron chi connectivity index (χ3n) is 10.0. The molecule has 2 aromatic heterocycles. The standard InChI is InChI=1S/C38H37ClN2O4S/c39-29-8-6-9-30(23-29)41-38(36(42)43)17-15-37(16-18-38)28(22-27-7-4-5-12-32(27)37)21-26(24-44-31-10-2-1-3-11-31)25-45-34-13-19-40-33-14-20-46-35(33)34/h1-14,19-20,23,26,28,41H,15-18,21-22,24-25H2,(H,42,43). The minimum absolute atomic E-state index is 0.117.